The maximum Gasteiger partial charge on any atom is 0.323 e. The fourth-order valence-electron chi connectivity index (χ4n) is 2.41. The van der Waals surface area contributed by atoms with Gasteiger partial charge in [0, 0.05) is 15.8 Å². The van der Waals surface area contributed by atoms with Crippen LogP contribution < -0.4 is 5.43 Å². The number of halogens is 1. The smallest absolute Gasteiger partial charge is 0.323 e. The van der Waals surface area contributed by atoms with Crippen molar-refractivity contribution in [2.24, 2.45) is 0 Å². The number of hydrogen-bond donors (Lipinski definition) is 1. The molecule has 0 unspecified atom stereocenters. The minimum atomic E-state index is -0.963. The number of aromatic nitrogens is 1. The SMILES string of the molecule is O=C(O)Cn1c2ccccc2c(=O)c2cc(Cl)ccc21. The number of carboxylic acids is 1. The van der Waals surface area contributed by atoms with Gasteiger partial charge in [-0.05, 0) is 30.3 Å². The van der Waals surface area contributed by atoms with Crippen molar-refractivity contribution in [1.29, 1.82) is 0 Å². The number of carboxylic acid groups (broad SMARTS) is 1. The predicted octanol–water partition coefficient (Wildman–Crippen LogP) is 2.89. The van der Waals surface area contributed by atoms with Gasteiger partial charge in [0.15, 0.2) is 5.43 Å². The van der Waals surface area contributed by atoms with Gasteiger partial charge in [0.25, 0.3) is 0 Å². The van der Waals surface area contributed by atoms with Gasteiger partial charge in [-0.1, -0.05) is 23.7 Å². The first-order valence-corrected chi connectivity index (χ1v) is 6.38. The van der Waals surface area contributed by atoms with Crippen LogP contribution in [0.15, 0.2) is 47.3 Å². The number of benzene rings is 2. The Kier molecular flexibility index (Phi) is 2.95. The molecule has 3 rings (SSSR count). The minimum Gasteiger partial charge on any atom is -0.480 e. The highest BCUT2D eigenvalue weighted by atomic mass is 35.5. The zero-order valence-corrected chi connectivity index (χ0v) is 11.1. The van der Waals surface area contributed by atoms with Crippen molar-refractivity contribution >= 4 is 39.4 Å². The Morgan fingerprint density at radius 3 is 2.55 bits per heavy atom. The molecule has 0 bridgehead atoms. The van der Waals surface area contributed by atoms with Gasteiger partial charge in [-0.15, -0.1) is 0 Å². The van der Waals surface area contributed by atoms with Gasteiger partial charge in [-0.25, -0.2) is 0 Å². The Bertz CT molecular complexity index is 899. The van der Waals surface area contributed by atoms with Crippen LogP contribution in [0, 0.1) is 0 Å². The first-order valence-electron chi connectivity index (χ1n) is 6.00. The van der Waals surface area contributed by atoms with E-state index >= 15 is 0 Å². The molecular formula is C15H10ClNO3. The Morgan fingerprint density at radius 1 is 1.10 bits per heavy atom. The van der Waals surface area contributed by atoms with E-state index in [1.807, 2.05) is 0 Å². The molecule has 0 aliphatic rings. The third-order valence-electron chi connectivity index (χ3n) is 3.23. The van der Waals surface area contributed by atoms with Crippen molar-refractivity contribution in [1.82, 2.24) is 4.57 Å². The third-order valence-corrected chi connectivity index (χ3v) is 3.46. The summed E-state index contributed by atoms with van der Waals surface area (Å²) >= 11 is 5.94. The number of aliphatic carboxylic acids is 1. The normalized spacial score (nSPS) is 11.1. The molecule has 20 heavy (non-hydrogen) atoms. The van der Waals surface area contributed by atoms with E-state index in [1.165, 1.54) is 0 Å². The topological polar surface area (TPSA) is 59.3 Å². The van der Waals surface area contributed by atoms with E-state index in [-0.39, 0.29) is 12.0 Å². The van der Waals surface area contributed by atoms with Gasteiger partial charge >= 0.3 is 5.97 Å². The monoisotopic (exact) mass is 287 g/mol. The number of fused-ring (bicyclic) bond motifs is 2. The molecular weight excluding hydrogens is 278 g/mol. The fourth-order valence-corrected chi connectivity index (χ4v) is 2.58. The standard InChI is InChI=1S/C15H10ClNO3/c16-9-5-6-13-11(7-9)15(20)10-3-1-2-4-12(10)17(13)8-14(18)19/h1-7H,8H2,(H,18,19). The number of nitrogens with zero attached hydrogens (tertiary/aromatic N) is 1. The highest BCUT2D eigenvalue weighted by Gasteiger charge is 2.12. The molecule has 0 fully saturated rings. The lowest BCUT2D eigenvalue weighted by Crippen LogP contribution is -2.15. The van der Waals surface area contributed by atoms with Gasteiger partial charge in [0.05, 0.1) is 11.0 Å². The molecule has 0 atom stereocenters. The van der Waals surface area contributed by atoms with Crippen molar-refractivity contribution in [3.63, 3.8) is 0 Å². The predicted molar refractivity (Wildman–Crippen MR) is 78.4 cm³/mol. The summed E-state index contributed by atoms with van der Waals surface area (Å²) in [4.78, 5) is 23.5. The average Bonchev–Trinajstić information content (AvgIpc) is 2.43. The molecule has 0 saturated heterocycles. The molecule has 5 heteroatoms. The molecule has 1 N–H and O–H groups in total. The molecule has 0 aliphatic carbocycles. The van der Waals surface area contributed by atoms with Crippen LogP contribution in [0.4, 0.5) is 0 Å². The van der Waals surface area contributed by atoms with E-state index in [4.69, 9.17) is 16.7 Å². The van der Waals surface area contributed by atoms with Gasteiger partial charge in [0.1, 0.15) is 6.54 Å². The van der Waals surface area contributed by atoms with Gasteiger partial charge in [-0.3, -0.25) is 9.59 Å². The molecule has 0 amide bonds. The van der Waals surface area contributed by atoms with Crippen molar-refractivity contribution in [3.8, 4) is 0 Å². The minimum absolute atomic E-state index is 0.139. The quantitative estimate of drug-likeness (QED) is 0.737. The lowest BCUT2D eigenvalue weighted by atomic mass is 10.1. The van der Waals surface area contributed by atoms with Crippen LogP contribution in [0.5, 0.6) is 0 Å². The molecule has 4 nitrogen and oxygen atoms in total. The van der Waals surface area contributed by atoms with Gasteiger partial charge in [0.2, 0.25) is 0 Å². The maximum absolute atomic E-state index is 12.5. The zero-order chi connectivity index (χ0) is 14.3. The number of carbonyl (C=O) groups is 1. The van der Waals surface area contributed by atoms with E-state index in [1.54, 1.807) is 47.0 Å². The first-order chi connectivity index (χ1) is 9.58. The Morgan fingerprint density at radius 2 is 1.80 bits per heavy atom. The van der Waals surface area contributed by atoms with E-state index < -0.39 is 5.97 Å². The van der Waals surface area contributed by atoms with Crippen LogP contribution in [0.1, 0.15) is 0 Å². The van der Waals surface area contributed by atoms with Gasteiger partial charge < -0.3 is 9.67 Å². The summed E-state index contributed by atoms with van der Waals surface area (Å²) in [6.45, 7) is -0.209. The molecule has 2 aromatic carbocycles. The largest absolute Gasteiger partial charge is 0.480 e. The fraction of sp³-hybridized carbons (Fsp3) is 0.0667. The Hall–Kier alpha value is -2.33. The maximum atomic E-state index is 12.5. The van der Waals surface area contributed by atoms with E-state index in [0.717, 1.165) is 0 Å². The third kappa shape index (κ3) is 1.94. The van der Waals surface area contributed by atoms with Crippen molar-refractivity contribution in [3.05, 3.63) is 57.7 Å². The van der Waals surface area contributed by atoms with E-state index in [2.05, 4.69) is 0 Å². The second-order valence-corrected chi connectivity index (χ2v) is 4.92. The summed E-state index contributed by atoms with van der Waals surface area (Å²) in [5.41, 5.74) is 1.04. The summed E-state index contributed by atoms with van der Waals surface area (Å²) in [7, 11) is 0. The molecule has 0 aliphatic heterocycles. The molecule has 100 valence electrons. The second-order valence-electron chi connectivity index (χ2n) is 4.49. The summed E-state index contributed by atoms with van der Waals surface area (Å²) in [6, 6.07) is 11.9. The Balaban J connectivity index is 2.56. The molecule has 0 radical (unpaired) electrons. The van der Waals surface area contributed by atoms with Crippen LogP contribution >= 0.6 is 11.6 Å². The highest BCUT2D eigenvalue weighted by molar-refractivity contribution is 6.31. The number of para-hydroxylation sites is 1. The lowest BCUT2D eigenvalue weighted by Gasteiger charge is -2.13. The first kappa shape index (κ1) is 12.7. The molecule has 1 aromatic heterocycles. The van der Waals surface area contributed by atoms with E-state index in [0.29, 0.717) is 26.8 Å². The summed E-state index contributed by atoms with van der Waals surface area (Å²) in [5.74, 6) is -0.963. The summed E-state index contributed by atoms with van der Waals surface area (Å²) in [6.07, 6.45) is 0. The molecule has 1 heterocycles. The zero-order valence-electron chi connectivity index (χ0n) is 10.3. The van der Waals surface area contributed by atoms with Crippen LogP contribution in [0.3, 0.4) is 0 Å². The highest BCUT2D eigenvalue weighted by Crippen LogP contribution is 2.22. The number of hydrogen-bond acceptors (Lipinski definition) is 2. The average molecular weight is 288 g/mol. The van der Waals surface area contributed by atoms with Crippen molar-refractivity contribution < 1.29 is 9.90 Å². The molecule has 0 spiro atoms. The van der Waals surface area contributed by atoms with Crippen LogP contribution in [-0.2, 0) is 11.3 Å². The number of pyridine rings is 1. The second kappa shape index (κ2) is 4.65. The molecule has 3 aromatic rings. The van der Waals surface area contributed by atoms with Crippen LogP contribution in [0.2, 0.25) is 5.02 Å². The Labute approximate surface area is 118 Å². The van der Waals surface area contributed by atoms with E-state index in [9.17, 15) is 9.59 Å². The van der Waals surface area contributed by atoms with Gasteiger partial charge in [-0.2, -0.15) is 0 Å². The summed E-state index contributed by atoms with van der Waals surface area (Å²) < 4.78 is 1.62. The van der Waals surface area contributed by atoms with Crippen LogP contribution in [0.25, 0.3) is 21.8 Å². The van der Waals surface area contributed by atoms with Crippen molar-refractivity contribution in [2.45, 2.75) is 6.54 Å². The molecule has 0 saturated carbocycles. The van der Waals surface area contributed by atoms with Crippen molar-refractivity contribution in [2.75, 3.05) is 0 Å². The lowest BCUT2D eigenvalue weighted by molar-refractivity contribution is -0.137. The number of rotatable bonds is 2. The summed E-state index contributed by atoms with van der Waals surface area (Å²) in [5, 5.41) is 10.5. The van der Waals surface area contributed by atoms with Crippen LogP contribution in [-0.4, -0.2) is 15.6 Å².